The van der Waals surface area contributed by atoms with Gasteiger partial charge in [-0.2, -0.15) is 0 Å². The zero-order valence-corrected chi connectivity index (χ0v) is 8.25. The van der Waals surface area contributed by atoms with Gasteiger partial charge in [0.1, 0.15) is 0 Å². The Hall–Kier alpha value is -0.570. The molecule has 0 aromatic carbocycles. The van der Waals surface area contributed by atoms with Crippen molar-refractivity contribution < 1.29 is 14.3 Å². The lowest BCUT2D eigenvalue weighted by Crippen LogP contribution is -2.09. The summed E-state index contributed by atoms with van der Waals surface area (Å²) in [4.78, 5) is 11.0. The van der Waals surface area contributed by atoms with Crippen LogP contribution in [0.3, 0.4) is 0 Å². The molecule has 1 atom stereocenters. The topological polar surface area (TPSA) is 35.5 Å². The first kappa shape index (κ1) is 10.5. The molecule has 0 aromatic heterocycles. The van der Waals surface area contributed by atoms with Crippen molar-refractivity contribution in [3.8, 4) is 0 Å². The van der Waals surface area contributed by atoms with E-state index in [1.807, 2.05) is 6.92 Å². The number of carbonyl (C=O) groups is 1. The summed E-state index contributed by atoms with van der Waals surface area (Å²) in [6.45, 7) is 4.25. The largest absolute Gasteiger partial charge is 0.466 e. The van der Waals surface area contributed by atoms with Gasteiger partial charge >= 0.3 is 5.97 Å². The Balaban J connectivity index is 1.96. The van der Waals surface area contributed by atoms with E-state index in [1.165, 1.54) is 0 Å². The van der Waals surface area contributed by atoms with Crippen molar-refractivity contribution >= 4 is 5.97 Å². The second-order valence-electron chi connectivity index (χ2n) is 3.49. The molecule has 0 aromatic rings. The first-order chi connectivity index (χ1) is 6.33. The summed E-state index contributed by atoms with van der Waals surface area (Å²) < 4.78 is 10.3. The quantitative estimate of drug-likeness (QED) is 0.614. The normalized spacial score (nSPS) is 21.8. The number of hydrogen-bond donors (Lipinski definition) is 0. The van der Waals surface area contributed by atoms with Gasteiger partial charge in [0.2, 0.25) is 0 Å². The van der Waals surface area contributed by atoms with E-state index in [9.17, 15) is 4.79 Å². The van der Waals surface area contributed by atoms with Gasteiger partial charge < -0.3 is 9.47 Å². The van der Waals surface area contributed by atoms with E-state index in [2.05, 4.69) is 0 Å². The molecule has 0 aliphatic carbocycles. The van der Waals surface area contributed by atoms with Crippen LogP contribution in [0, 0.1) is 5.92 Å². The van der Waals surface area contributed by atoms with Crippen molar-refractivity contribution in [1.29, 1.82) is 0 Å². The first-order valence-electron chi connectivity index (χ1n) is 5.06. The summed E-state index contributed by atoms with van der Waals surface area (Å²) in [7, 11) is 0. The zero-order chi connectivity index (χ0) is 9.52. The van der Waals surface area contributed by atoms with Gasteiger partial charge in [-0.15, -0.1) is 0 Å². The van der Waals surface area contributed by atoms with Crippen LogP contribution < -0.4 is 0 Å². The summed E-state index contributed by atoms with van der Waals surface area (Å²) in [6, 6.07) is 0. The van der Waals surface area contributed by atoms with Crippen LogP contribution in [0.2, 0.25) is 0 Å². The molecule has 0 spiro atoms. The van der Waals surface area contributed by atoms with Gasteiger partial charge in [-0.05, 0) is 25.2 Å². The minimum absolute atomic E-state index is 0.0681. The lowest BCUT2D eigenvalue weighted by atomic mass is 10.1. The maximum Gasteiger partial charge on any atom is 0.305 e. The van der Waals surface area contributed by atoms with E-state index < -0.39 is 0 Å². The highest BCUT2D eigenvalue weighted by atomic mass is 16.5. The molecule has 3 heteroatoms. The highest BCUT2D eigenvalue weighted by molar-refractivity contribution is 5.69. The molecule has 76 valence electrons. The molecule has 13 heavy (non-hydrogen) atoms. The van der Waals surface area contributed by atoms with Gasteiger partial charge in [0.25, 0.3) is 0 Å². The van der Waals surface area contributed by atoms with Gasteiger partial charge in [-0.3, -0.25) is 4.79 Å². The SMILES string of the molecule is CCCC(=O)OCCC1CCOC1. The van der Waals surface area contributed by atoms with Crippen molar-refractivity contribution in [3.05, 3.63) is 0 Å². The van der Waals surface area contributed by atoms with E-state index in [1.54, 1.807) is 0 Å². The maximum atomic E-state index is 11.0. The lowest BCUT2D eigenvalue weighted by Gasteiger charge is -2.07. The minimum atomic E-state index is -0.0681. The average molecular weight is 186 g/mol. The summed E-state index contributed by atoms with van der Waals surface area (Å²) >= 11 is 0. The fraction of sp³-hybridized carbons (Fsp3) is 0.900. The second kappa shape index (κ2) is 5.97. The Kier molecular flexibility index (Phi) is 4.83. The van der Waals surface area contributed by atoms with Crippen LogP contribution >= 0.6 is 0 Å². The number of carbonyl (C=O) groups excluding carboxylic acids is 1. The number of ether oxygens (including phenoxy) is 2. The zero-order valence-electron chi connectivity index (χ0n) is 8.25. The molecule has 1 saturated heterocycles. The van der Waals surface area contributed by atoms with Crippen molar-refractivity contribution in [2.75, 3.05) is 19.8 Å². The smallest absolute Gasteiger partial charge is 0.305 e. The molecule has 1 aliphatic heterocycles. The standard InChI is InChI=1S/C10H18O3/c1-2-3-10(11)13-7-5-9-4-6-12-8-9/h9H,2-8H2,1H3. The van der Waals surface area contributed by atoms with Crippen molar-refractivity contribution in [1.82, 2.24) is 0 Å². The molecule has 0 radical (unpaired) electrons. The van der Waals surface area contributed by atoms with E-state index in [4.69, 9.17) is 9.47 Å². The molecule has 0 bridgehead atoms. The summed E-state index contributed by atoms with van der Waals surface area (Å²) in [5.41, 5.74) is 0. The fourth-order valence-corrected chi connectivity index (χ4v) is 1.43. The number of esters is 1. The molecular weight excluding hydrogens is 168 g/mol. The van der Waals surface area contributed by atoms with Crippen LogP contribution in [0.25, 0.3) is 0 Å². The number of hydrogen-bond acceptors (Lipinski definition) is 3. The molecule has 0 amide bonds. The molecule has 1 heterocycles. The van der Waals surface area contributed by atoms with Crippen LogP contribution in [0.15, 0.2) is 0 Å². The monoisotopic (exact) mass is 186 g/mol. The van der Waals surface area contributed by atoms with Crippen molar-refractivity contribution in [2.45, 2.75) is 32.6 Å². The molecule has 0 saturated carbocycles. The summed E-state index contributed by atoms with van der Waals surface area (Å²) in [6.07, 6.45) is 3.48. The third kappa shape index (κ3) is 4.27. The Bertz CT molecular complexity index is 150. The molecule has 1 rings (SSSR count). The Morgan fingerprint density at radius 1 is 1.62 bits per heavy atom. The summed E-state index contributed by atoms with van der Waals surface area (Å²) in [5, 5.41) is 0. The molecule has 1 unspecified atom stereocenters. The van der Waals surface area contributed by atoms with E-state index in [-0.39, 0.29) is 5.97 Å². The van der Waals surface area contributed by atoms with E-state index in [0.29, 0.717) is 18.9 Å². The van der Waals surface area contributed by atoms with Crippen LogP contribution in [-0.4, -0.2) is 25.8 Å². The minimum Gasteiger partial charge on any atom is -0.466 e. The predicted octanol–water partition coefficient (Wildman–Crippen LogP) is 1.76. The molecule has 3 nitrogen and oxygen atoms in total. The van der Waals surface area contributed by atoms with E-state index in [0.717, 1.165) is 32.5 Å². The van der Waals surface area contributed by atoms with Gasteiger partial charge in [-0.25, -0.2) is 0 Å². The van der Waals surface area contributed by atoms with Gasteiger partial charge in [0, 0.05) is 19.6 Å². The van der Waals surface area contributed by atoms with Gasteiger partial charge in [-0.1, -0.05) is 6.92 Å². The third-order valence-corrected chi connectivity index (χ3v) is 2.27. The van der Waals surface area contributed by atoms with Crippen LogP contribution in [0.4, 0.5) is 0 Å². The van der Waals surface area contributed by atoms with E-state index >= 15 is 0 Å². The van der Waals surface area contributed by atoms with Crippen LogP contribution in [0.5, 0.6) is 0 Å². The summed E-state index contributed by atoms with van der Waals surface area (Å²) in [5.74, 6) is 0.538. The Morgan fingerprint density at radius 2 is 2.46 bits per heavy atom. The van der Waals surface area contributed by atoms with Crippen LogP contribution in [-0.2, 0) is 14.3 Å². The number of rotatable bonds is 5. The third-order valence-electron chi connectivity index (χ3n) is 2.27. The highest BCUT2D eigenvalue weighted by Crippen LogP contribution is 2.15. The molecular formula is C10H18O3. The van der Waals surface area contributed by atoms with Crippen LogP contribution in [0.1, 0.15) is 32.6 Å². The lowest BCUT2D eigenvalue weighted by molar-refractivity contribution is -0.144. The second-order valence-corrected chi connectivity index (χ2v) is 3.49. The average Bonchev–Trinajstić information content (AvgIpc) is 2.57. The molecule has 1 fully saturated rings. The maximum absolute atomic E-state index is 11.0. The fourth-order valence-electron chi connectivity index (χ4n) is 1.43. The van der Waals surface area contributed by atoms with Gasteiger partial charge in [0.05, 0.1) is 6.61 Å². The molecule has 0 N–H and O–H groups in total. The first-order valence-corrected chi connectivity index (χ1v) is 5.06. The van der Waals surface area contributed by atoms with Gasteiger partial charge in [0.15, 0.2) is 0 Å². The highest BCUT2D eigenvalue weighted by Gasteiger charge is 2.15. The van der Waals surface area contributed by atoms with Crippen molar-refractivity contribution in [3.63, 3.8) is 0 Å². The Labute approximate surface area is 79.4 Å². The Morgan fingerprint density at radius 3 is 3.08 bits per heavy atom. The molecule has 1 aliphatic rings. The van der Waals surface area contributed by atoms with Crippen molar-refractivity contribution in [2.24, 2.45) is 5.92 Å². The predicted molar refractivity (Wildman–Crippen MR) is 49.4 cm³/mol.